The number of benzene rings is 1. The first-order valence-corrected chi connectivity index (χ1v) is 7.19. The van der Waals surface area contributed by atoms with Crippen molar-refractivity contribution < 1.29 is 4.79 Å². The monoisotopic (exact) mass is 280 g/mol. The van der Waals surface area contributed by atoms with Crippen LogP contribution in [0.3, 0.4) is 0 Å². The lowest BCUT2D eigenvalue weighted by molar-refractivity contribution is 0.0672. The van der Waals surface area contributed by atoms with Crippen LogP contribution >= 0.6 is 11.6 Å². The highest BCUT2D eigenvalue weighted by Gasteiger charge is 2.26. The summed E-state index contributed by atoms with van der Waals surface area (Å²) in [7, 11) is 1.87. The molecular weight excluding hydrogens is 260 g/mol. The molecule has 1 fully saturated rings. The highest BCUT2D eigenvalue weighted by Crippen LogP contribution is 2.28. The number of hydrogen-bond acceptors (Lipinski definition) is 2. The first-order valence-electron chi connectivity index (χ1n) is 6.81. The van der Waals surface area contributed by atoms with E-state index >= 15 is 0 Å². The van der Waals surface area contributed by atoms with Gasteiger partial charge in [0.2, 0.25) is 0 Å². The molecule has 1 saturated carbocycles. The summed E-state index contributed by atoms with van der Waals surface area (Å²) in [6, 6.07) is 5.38. The largest absolute Gasteiger partial charge is 0.399 e. The van der Waals surface area contributed by atoms with Crippen LogP contribution in [0.25, 0.3) is 0 Å². The summed E-state index contributed by atoms with van der Waals surface area (Å²) < 4.78 is 0. The molecule has 0 radical (unpaired) electrons. The van der Waals surface area contributed by atoms with Crippen LogP contribution in [0.15, 0.2) is 18.2 Å². The smallest absolute Gasteiger partial charge is 0.255 e. The number of carbonyl (C=O) groups is 1. The molecule has 0 aliphatic heterocycles. The van der Waals surface area contributed by atoms with Crippen molar-refractivity contribution in [2.75, 3.05) is 12.8 Å². The van der Waals surface area contributed by atoms with Gasteiger partial charge in [0.15, 0.2) is 0 Å². The van der Waals surface area contributed by atoms with Crippen molar-refractivity contribution in [1.82, 2.24) is 4.90 Å². The molecule has 2 N–H and O–H groups in total. The molecule has 1 amide bonds. The molecule has 0 heterocycles. The van der Waals surface area contributed by atoms with Gasteiger partial charge in [-0.3, -0.25) is 4.79 Å². The SMILES string of the molecule is CC1CCCC(N(C)C(=O)c2ccc(N)cc2Cl)C1. The number of hydrogen-bond donors (Lipinski definition) is 1. The van der Waals surface area contributed by atoms with E-state index in [0.29, 0.717) is 28.2 Å². The number of carbonyl (C=O) groups excluding carboxylic acids is 1. The molecule has 3 nitrogen and oxygen atoms in total. The first kappa shape index (κ1) is 14.2. The molecule has 104 valence electrons. The molecule has 1 aliphatic rings. The Kier molecular flexibility index (Phi) is 4.35. The summed E-state index contributed by atoms with van der Waals surface area (Å²) in [5.41, 5.74) is 6.77. The molecule has 0 spiro atoms. The van der Waals surface area contributed by atoms with E-state index in [1.165, 1.54) is 12.8 Å². The van der Waals surface area contributed by atoms with E-state index in [4.69, 9.17) is 17.3 Å². The maximum atomic E-state index is 12.5. The lowest BCUT2D eigenvalue weighted by Crippen LogP contribution is -2.39. The summed E-state index contributed by atoms with van der Waals surface area (Å²) in [6.45, 7) is 2.25. The van der Waals surface area contributed by atoms with E-state index in [1.807, 2.05) is 11.9 Å². The van der Waals surface area contributed by atoms with Crippen molar-refractivity contribution in [3.8, 4) is 0 Å². The molecule has 1 aromatic carbocycles. The van der Waals surface area contributed by atoms with Gasteiger partial charge in [-0.25, -0.2) is 0 Å². The van der Waals surface area contributed by atoms with Gasteiger partial charge in [-0.05, 0) is 37.0 Å². The second-order valence-electron chi connectivity index (χ2n) is 5.58. The number of nitrogen functional groups attached to an aromatic ring is 1. The Morgan fingerprint density at radius 3 is 2.79 bits per heavy atom. The average molecular weight is 281 g/mol. The number of amides is 1. The molecule has 1 aromatic rings. The normalized spacial score (nSPS) is 23.1. The van der Waals surface area contributed by atoms with E-state index < -0.39 is 0 Å². The topological polar surface area (TPSA) is 46.3 Å². The maximum Gasteiger partial charge on any atom is 0.255 e. The van der Waals surface area contributed by atoms with Gasteiger partial charge in [0.05, 0.1) is 10.6 Å². The van der Waals surface area contributed by atoms with Gasteiger partial charge < -0.3 is 10.6 Å². The second kappa shape index (κ2) is 5.83. The van der Waals surface area contributed by atoms with Crippen LogP contribution in [0.4, 0.5) is 5.69 Å². The quantitative estimate of drug-likeness (QED) is 0.842. The molecule has 2 atom stereocenters. The summed E-state index contributed by atoms with van der Waals surface area (Å²) in [4.78, 5) is 14.3. The van der Waals surface area contributed by atoms with Crippen LogP contribution in [-0.2, 0) is 0 Å². The van der Waals surface area contributed by atoms with Crippen LogP contribution in [0.5, 0.6) is 0 Å². The van der Waals surface area contributed by atoms with Crippen molar-refractivity contribution in [2.45, 2.75) is 38.6 Å². The van der Waals surface area contributed by atoms with Gasteiger partial charge in [-0.15, -0.1) is 0 Å². The minimum atomic E-state index is -0.0101. The number of halogens is 1. The molecular formula is C15H21ClN2O. The average Bonchev–Trinajstić information content (AvgIpc) is 2.37. The second-order valence-corrected chi connectivity index (χ2v) is 5.99. The summed E-state index contributed by atoms with van der Waals surface area (Å²) >= 11 is 6.11. The Labute approximate surface area is 119 Å². The molecule has 0 aromatic heterocycles. The van der Waals surface area contributed by atoms with Crippen molar-refractivity contribution in [2.24, 2.45) is 5.92 Å². The first-order chi connectivity index (χ1) is 8.99. The Morgan fingerprint density at radius 1 is 1.42 bits per heavy atom. The lowest BCUT2D eigenvalue weighted by Gasteiger charge is -2.34. The lowest BCUT2D eigenvalue weighted by atomic mass is 9.86. The molecule has 1 aliphatic carbocycles. The van der Waals surface area contributed by atoms with E-state index in [0.717, 1.165) is 12.8 Å². The highest BCUT2D eigenvalue weighted by atomic mass is 35.5. The third-order valence-corrected chi connectivity index (χ3v) is 4.31. The number of rotatable bonds is 2. The summed E-state index contributed by atoms with van der Waals surface area (Å²) in [5.74, 6) is 0.681. The zero-order valence-corrected chi connectivity index (χ0v) is 12.3. The summed E-state index contributed by atoms with van der Waals surface area (Å²) in [5, 5.41) is 0.431. The van der Waals surface area contributed by atoms with Crippen molar-refractivity contribution >= 4 is 23.2 Å². The molecule has 4 heteroatoms. The van der Waals surface area contributed by atoms with Gasteiger partial charge in [0.25, 0.3) is 5.91 Å². The van der Waals surface area contributed by atoms with Gasteiger partial charge in [-0.1, -0.05) is 31.4 Å². The third kappa shape index (κ3) is 3.21. The minimum Gasteiger partial charge on any atom is -0.399 e. The minimum absolute atomic E-state index is 0.0101. The van der Waals surface area contributed by atoms with Crippen LogP contribution < -0.4 is 5.73 Å². The standard InChI is InChI=1S/C15H21ClN2O/c1-10-4-3-5-12(8-10)18(2)15(19)13-7-6-11(17)9-14(13)16/h6-7,9-10,12H,3-5,8,17H2,1-2H3. The number of anilines is 1. The fourth-order valence-corrected chi connectivity index (χ4v) is 3.08. The Bertz CT molecular complexity index is 475. The number of nitrogens with two attached hydrogens (primary N) is 1. The van der Waals surface area contributed by atoms with Crippen LogP contribution in [0.1, 0.15) is 43.0 Å². The number of nitrogens with zero attached hydrogens (tertiary/aromatic N) is 1. The van der Waals surface area contributed by atoms with Gasteiger partial charge in [-0.2, -0.15) is 0 Å². The van der Waals surface area contributed by atoms with E-state index in [-0.39, 0.29) is 5.91 Å². The fourth-order valence-electron chi connectivity index (χ4n) is 2.81. The van der Waals surface area contributed by atoms with Gasteiger partial charge in [0, 0.05) is 18.8 Å². The molecule has 2 unspecified atom stereocenters. The molecule has 0 saturated heterocycles. The van der Waals surface area contributed by atoms with Gasteiger partial charge in [0.1, 0.15) is 0 Å². The maximum absolute atomic E-state index is 12.5. The Balaban J connectivity index is 2.14. The third-order valence-electron chi connectivity index (χ3n) is 4.00. The van der Waals surface area contributed by atoms with Crippen molar-refractivity contribution in [3.63, 3.8) is 0 Å². The van der Waals surface area contributed by atoms with Crippen LogP contribution in [0.2, 0.25) is 5.02 Å². The van der Waals surface area contributed by atoms with Crippen molar-refractivity contribution in [3.05, 3.63) is 28.8 Å². The Morgan fingerprint density at radius 2 is 2.16 bits per heavy atom. The predicted octanol–water partition coefficient (Wildman–Crippen LogP) is 3.57. The van der Waals surface area contributed by atoms with E-state index in [1.54, 1.807) is 18.2 Å². The molecule has 19 heavy (non-hydrogen) atoms. The zero-order chi connectivity index (χ0) is 14.0. The molecule has 2 rings (SSSR count). The van der Waals surface area contributed by atoms with E-state index in [2.05, 4.69) is 6.92 Å². The highest BCUT2D eigenvalue weighted by molar-refractivity contribution is 6.34. The Hall–Kier alpha value is -1.22. The van der Waals surface area contributed by atoms with E-state index in [9.17, 15) is 4.79 Å². The van der Waals surface area contributed by atoms with Gasteiger partial charge >= 0.3 is 0 Å². The summed E-state index contributed by atoms with van der Waals surface area (Å²) in [6.07, 6.45) is 4.62. The van der Waals surface area contributed by atoms with Crippen molar-refractivity contribution in [1.29, 1.82) is 0 Å². The predicted molar refractivity (Wildman–Crippen MR) is 79.4 cm³/mol. The fraction of sp³-hybridized carbons (Fsp3) is 0.533. The van der Waals surface area contributed by atoms with Crippen LogP contribution in [0, 0.1) is 5.92 Å². The molecule has 0 bridgehead atoms. The van der Waals surface area contributed by atoms with Crippen LogP contribution in [-0.4, -0.2) is 23.9 Å². The zero-order valence-electron chi connectivity index (χ0n) is 11.5.